The van der Waals surface area contributed by atoms with Gasteiger partial charge in [-0.3, -0.25) is 40.5 Å². The molecule has 6 aromatic carbocycles. The van der Waals surface area contributed by atoms with Crippen LogP contribution in [0.5, 0.6) is 11.5 Å². The van der Waals surface area contributed by atoms with E-state index in [0.717, 1.165) is 36.4 Å². The maximum absolute atomic E-state index is 14.0. The van der Waals surface area contributed by atoms with Crippen molar-refractivity contribution in [2.75, 3.05) is 0 Å². The fourth-order valence-corrected chi connectivity index (χ4v) is 8.21. The third-order valence-electron chi connectivity index (χ3n) is 10.6. The molecule has 3 aliphatic rings. The number of hydrogen-bond donors (Lipinski definition) is 0. The second-order valence-electron chi connectivity index (χ2n) is 14.0. The molecule has 0 spiro atoms. The Morgan fingerprint density at radius 3 is 1.41 bits per heavy atom. The summed E-state index contributed by atoms with van der Waals surface area (Å²) >= 11 is 0. The van der Waals surface area contributed by atoms with Crippen LogP contribution in [0.25, 0.3) is 0 Å². The van der Waals surface area contributed by atoms with E-state index >= 15 is 0 Å². The predicted molar refractivity (Wildman–Crippen MR) is 205 cm³/mol. The van der Waals surface area contributed by atoms with Gasteiger partial charge in [0.2, 0.25) is 0 Å². The number of hydrogen-bond acceptors (Lipinski definition) is 12. The van der Waals surface area contributed by atoms with E-state index in [1.165, 1.54) is 24.3 Å². The number of non-ortho nitro benzene ring substituents is 4. The minimum absolute atomic E-state index is 0.0970. The van der Waals surface area contributed by atoms with Crippen LogP contribution in [-0.2, 0) is 18.0 Å². The van der Waals surface area contributed by atoms with Gasteiger partial charge in [0, 0.05) is 41.3 Å². The molecule has 0 N–H and O–H groups in total. The van der Waals surface area contributed by atoms with Crippen molar-refractivity contribution in [1.29, 1.82) is 0 Å². The summed E-state index contributed by atoms with van der Waals surface area (Å²) in [4.78, 5) is 70.9. The van der Waals surface area contributed by atoms with Gasteiger partial charge >= 0.3 is 18.1 Å². The van der Waals surface area contributed by atoms with E-state index in [4.69, 9.17) is 9.47 Å². The minimum Gasteiger partial charge on any atom is -0.423 e. The van der Waals surface area contributed by atoms with Gasteiger partial charge < -0.3 is 9.47 Å². The lowest BCUT2D eigenvalue weighted by molar-refractivity contribution is -0.394. The molecular formula is C42H23F3N4O12. The van der Waals surface area contributed by atoms with Crippen molar-refractivity contribution in [3.05, 3.63) is 217 Å². The van der Waals surface area contributed by atoms with Gasteiger partial charge in [0.1, 0.15) is 11.5 Å². The van der Waals surface area contributed by atoms with Gasteiger partial charge in [-0.1, -0.05) is 60.7 Å². The molecule has 0 unspecified atom stereocenters. The number of nitro groups is 4. The number of nitro benzene ring substituents is 4. The minimum atomic E-state index is -4.66. The molecule has 6 aromatic rings. The largest absolute Gasteiger partial charge is 0.423 e. The Morgan fingerprint density at radius 2 is 0.984 bits per heavy atom. The zero-order valence-electron chi connectivity index (χ0n) is 30.7. The Bertz CT molecular complexity index is 2810. The fourth-order valence-electron chi connectivity index (χ4n) is 8.21. The van der Waals surface area contributed by atoms with Gasteiger partial charge in [-0.25, -0.2) is 9.59 Å². The van der Waals surface area contributed by atoms with Crippen LogP contribution in [0, 0.1) is 40.5 Å². The van der Waals surface area contributed by atoms with Crippen molar-refractivity contribution < 1.29 is 51.9 Å². The summed E-state index contributed by atoms with van der Waals surface area (Å²) < 4.78 is 53.1. The second kappa shape index (κ2) is 14.5. The number of carbonyl (C=O) groups is 2. The molecule has 0 amide bonds. The van der Waals surface area contributed by atoms with Crippen LogP contribution in [0.3, 0.4) is 0 Å². The van der Waals surface area contributed by atoms with Crippen LogP contribution < -0.4 is 9.47 Å². The predicted octanol–water partition coefficient (Wildman–Crippen LogP) is 9.16. The first kappa shape index (κ1) is 39.5. The molecule has 0 fully saturated rings. The van der Waals surface area contributed by atoms with E-state index in [2.05, 4.69) is 0 Å². The zero-order valence-corrected chi connectivity index (χ0v) is 30.7. The highest BCUT2D eigenvalue weighted by atomic mass is 19.4. The van der Waals surface area contributed by atoms with Crippen molar-refractivity contribution in [3.63, 3.8) is 0 Å². The molecule has 0 atom stereocenters. The van der Waals surface area contributed by atoms with E-state index < -0.39 is 88.6 Å². The number of alkyl halides is 3. The zero-order chi connectivity index (χ0) is 43.5. The molecule has 0 radical (unpaired) electrons. The Balaban J connectivity index is 1.38. The highest BCUT2D eigenvalue weighted by molar-refractivity contribution is 5.95. The van der Waals surface area contributed by atoms with Crippen LogP contribution in [0.15, 0.2) is 121 Å². The molecule has 16 nitrogen and oxygen atoms in total. The lowest BCUT2D eigenvalue weighted by Crippen LogP contribution is -2.44. The van der Waals surface area contributed by atoms with E-state index in [1.807, 2.05) is 0 Å². The normalized spacial score (nSPS) is 15.8. The summed E-state index contributed by atoms with van der Waals surface area (Å²) in [6.45, 7) is 0. The summed E-state index contributed by atoms with van der Waals surface area (Å²) in [6, 6.07) is 25.4. The third kappa shape index (κ3) is 6.72. The van der Waals surface area contributed by atoms with Gasteiger partial charge in [0.15, 0.2) is 0 Å². The van der Waals surface area contributed by atoms with Crippen LogP contribution in [0.1, 0.15) is 71.1 Å². The molecule has 3 aliphatic carbocycles. The average Bonchev–Trinajstić information content (AvgIpc) is 3.23. The number of esters is 2. The number of ether oxygens (including phenoxy) is 2. The maximum Gasteiger partial charge on any atom is 0.416 e. The SMILES string of the molecule is O=C(Oc1ccc(OC(=O)c2cc([N+](=O)[O-])cc([N+](=O)[O-])c2)c2c1C1c3ccccc3C2(Cc2ccc(C(F)(F)F)cc2)c2ccccc21)c1cc([N+](=O)[O-])cc([N+](=O)[O-])c1. The first-order chi connectivity index (χ1) is 29.0. The van der Waals surface area contributed by atoms with Crippen molar-refractivity contribution in [2.45, 2.75) is 23.9 Å². The standard InChI is InChI=1S/C42H23F3N4O12/c43-42(44,45)25-11-9-22(10-12-25)21-41-32-7-3-1-5-30(32)36(31-6-2-4-8-33(31)41)37-34(60-39(50)23-15-26(46(52)53)19-27(16-23)47(54)55)13-14-35(38(37)41)61-40(51)24-17-28(48(56)57)20-29(18-24)49(58)59/h1-20,36H,21H2. The molecule has 19 heteroatoms. The summed E-state index contributed by atoms with van der Waals surface area (Å²) in [5, 5.41) is 46.8. The molecule has 0 saturated heterocycles. The molecule has 2 bridgehead atoms. The molecule has 0 aliphatic heterocycles. The number of carbonyl (C=O) groups excluding carboxylic acids is 2. The molecule has 0 saturated carbocycles. The molecule has 0 heterocycles. The molecular weight excluding hydrogens is 809 g/mol. The van der Waals surface area contributed by atoms with Crippen molar-refractivity contribution >= 4 is 34.7 Å². The Labute approximate surface area is 339 Å². The highest BCUT2D eigenvalue weighted by Crippen LogP contribution is 2.64. The van der Waals surface area contributed by atoms with Crippen molar-refractivity contribution in [3.8, 4) is 11.5 Å². The average molecular weight is 833 g/mol. The third-order valence-corrected chi connectivity index (χ3v) is 10.6. The first-order valence-electron chi connectivity index (χ1n) is 17.8. The lowest BCUT2D eigenvalue weighted by Gasteiger charge is -2.51. The summed E-state index contributed by atoms with van der Waals surface area (Å²) in [6.07, 6.45) is -4.76. The molecule has 9 rings (SSSR count). The highest BCUT2D eigenvalue weighted by Gasteiger charge is 2.55. The maximum atomic E-state index is 14.0. The van der Waals surface area contributed by atoms with Gasteiger partial charge in [-0.15, -0.1) is 0 Å². The number of rotatable bonds is 10. The number of halogens is 3. The number of benzene rings is 6. The number of nitrogens with zero attached hydrogens (tertiary/aromatic N) is 4. The first-order valence-corrected chi connectivity index (χ1v) is 17.8. The van der Waals surface area contributed by atoms with E-state index in [-0.39, 0.29) is 29.0 Å². The van der Waals surface area contributed by atoms with Gasteiger partial charge in [0.05, 0.1) is 53.9 Å². The molecule has 0 aromatic heterocycles. The van der Waals surface area contributed by atoms with E-state index in [1.54, 1.807) is 48.5 Å². The summed E-state index contributed by atoms with van der Waals surface area (Å²) in [7, 11) is 0. The van der Waals surface area contributed by atoms with E-state index in [0.29, 0.717) is 39.9 Å². The van der Waals surface area contributed by atoms with Gasteiger partial charge in [0.25, 0.3) is 22.7 Å². The smallest absolute Gasteiger partial charge is 0.416 e. The van der Waals surface area contributed by atoms with Crippen LogP contribution >= 0.6 is 0 Å². The van der Waals surface area contributed by atoms with Gasteiger partial charge in [-0.2, -0.15) is 13.2 Å². The Hall–Kier alpha value is -8.35. The van der Waals surface area contributed by atoms with Crippen LogP contribution in [0.4, 0.5) is 35.9 Å². The molecule has 61 heavy (non-hydrogen) atoms. The monoisotopic (exact) mass is 832 g/mol. The molecule has 304 valence electrons. The topological polar surface area (TPSA) is 225 Å². The van der Waals surface area contributed by atoms with Crippen LogP contribution in [-0.4, -0.2) is 31.6 Å². The van der Waals surface area contributed by atoms with Gasteiger partial charge in [-0.05, 0) is 58.5 Å². The summed E-state index contributed by atoms with van der Waals surface area (Å²) in [5.74, 6) is -3.74. The van der Waals surface area contributed by atoms with Crippen molar-refractivity contribution in [2.24, 2.45) is 0 Å². The van der Waals surface area contributed by atoms with Crippen LogP contribution in [0.2, 0.25) is 0 Å². The Morgan fingerprint density at radius 1 is 0.574 bits per heavy atom. The Kier molecular flexibility index (Phi) is 9.37. The second-order valence-corrected chi connectivity index (χ2v) is 14.0. The van der Waals surface area contributed by atoms with E-state index in [9.17, 15) is 63.2 Å². The van der Waals surface area contributed by atoms with Crippen molar-refractivity contribution in [1.82, 2.24) is 0 Å². The fraction of sp³-hybridized carbons (Fsp3) is 0.0952. The quantitative estimate of drug-likeness (QED) is 0.0545. The summed E-state index contributed by atoms with van der Waals surface area (Å²) in [5.41, 5.74) is -3.34. The lowest BCUT2D eigenvalue weighted by atomic mass is 9.51.